The number of halogens is 1. The van der Waals surface area contributed by atoms with Gasteiger partial charge in [-0.15, -0.1) is 0 Å². The quantitative estimate of drug-likeness (QED) is 0.683. The van der Waals surface area contributed by atoms with Crippen molar-refractivity contribution in [1.29, 1.82) is 0 Å². The molecule has 0 saturated heterocycles. The Hall–Kier alpha value is -2.05. The fraction of sp³-hybridized carbons (Fsp3) is 0.500. The molecule has 27 heavy (non-hydrogen) atoms. The Morgan fingerprint density at radius 1 is 1.30 bits per heavy atom. The summed E-state index contributed by atoms with van der Waals surface area (Å²) in [5.41, 5.74) is 1.62. The number of phenols is 1. The van der Waals surface area contributed by atoms with Gasteiger partial charge in [-0.05, 0) is 30.5 Å². The minimum atomic E-state index is -0.630. The lowest BCUT2D eigenvalue weighted by Crippen LogP contribution is -2.47. The SMILES string of the molecule is CCC(=O)C1=C(COC2CCCCC2)NC(=O)NC1c1ccc(O)c(Cl)c1. The van der Waals surface area contributed by atoms with Gasteiger partial charge in [0.25, 0.3) is 0 Å². The second-order valence-electron chi connectivity index (χ2n) is 6.98. The normalized spacial score (nSPS) is 21.0. The van der Waals surface area contributed by atoms with E-state index in [1.807, 2.05) is 0 Å². The van der Waals surface area contributed by atoms with E-state index in [1.165, 1.54) is 12.5 Å². The summed E-state index contributed by atoms with van der Waals surface area (Å²) in [5.74, 6) is -0.118. The van der Waals surface area contributed by atoms with Gasteiger partial charge in [0, 0.05) is 12.0 Å². The molecule has 1 fully saturated rings. The van der Waals surface area contributed by atoms with Crippen molar-refractivity contribution in [1.82, 2.24) is 10.6 Å². The highest BCUT2D eigenvalue weighted by Gasteiger charge is 2.32. The molecule has 0 radical (unpaired) electrons. The molecule has 1 saturated carbocycles. The zero-order valence-electron chi connectivity index (χ0n) is 15.4. The maximum absolute atomic E-state index is 12.7. The van der Waals surface area contributed by atoms with Crippen LogP contribution in [-0.4, -0.2) is 29.6 Å². The van der Waals surface area contributed by atoms with E-state index < -0.39 is 6.04 Å². The van der Waals surface area contributed by atoms with Gasteiger partial charge in [-0.1, -0.05) is 43.9 Å². The molecule has 2 aliphatic rings. The third-order valence-corrected chi connectivity index (χ3v) is 5.40. The van der Waals surface area contributed by atoms with Crippen LogP contribution in [0.3, 0.4) is 0 Å². The van der Waals surface area contributed by atoms with Crippen molar-refractivity contribution in [3.8, 4) is 5.75 Å². The Kier molecular flexibility index (Phi) is 6.39. The fourth-order valence-corrected chi connectivity index (χ4v) is 3.83. The molecule has 3 rings (SSSR count). The van der Waals surface area contributed by atoms with Gasteiger partial charge < -0.3 is 20.5 Å². The number of rotatable bonds is 6. The number of nitrogens with one attached hydrogen (secondary N) is 2. The molecule has 1 aromatic rings. The van der Waals surface area contributed by atoms with E-state index >= 15 is 0 Å². The first-order chi connectivity index (χ1) is 13.0. The topological polar surface area (TPSA) is 87.7 Å². The molecule has 0 bridgehead atoms. The van der Waals surface area contributed by atoms with Crippen LogP contribution in [0.25, 0.3) is 0 Å². The number of phenolic OH excluding ortho intramolecular Hbond substituents is 1. The Balaban J connectivity index is 1.91. The fourth-order valence-electron chi connectivity index (χ4n) is 3.64. The van der Waals surface area contributed by atoms with E-state index in [1.54, 1.807) is 19.1 Å². The summed E-state index contributed by atoms with van der Waals surface area (Å²) >= 11 is 6.03. The van der Waals surface area contributed by atoms with Crippen LogP contribution in [0.2, 0.25) is 5.02 Å². The molecule has 1 aliphatic carbocycles. The molecule has 1 aliphatic heterocycles. The number of ether oxygens (including phenoxy) is 1. The van der Waals surface area contributed by atoms with Crippen molar-refractivity contribution in [3.63, 3.8) is 0 Å². The summed E-state index contributed by atoms with van der Waals surface area (Å²) in [6, 6.07) is 3.65. The summed E-state index contributed by atoms with van der Waals surface area (Å²) in [4.78, 5) is 24.9. The van der Waals surface area contributed by atoms with Crippen molar-refractivity contribution in [2.24, 2.45) is 0 Å². The third kappa shape index (κ3) is 4.62. The van der Waals surface area contributed by atoms with Gasteiger partial charge >= 0.3 is 6.03 Å². The monoisotopic (exact) mass is 392 g/mol. The van der Waals surface area contributed by atoms with Crippen molar-refractivity contribution in [3.05, 3.63) is 40.1 Å². The number of urea groups is 1. The lowest BCUT2D eigenvalue weighted by Gasteiger charge is -2.31. The van der Waals surface area contributed by atoms with Gasteiger partial charge in [0.1, 0.15) is 5.75 Å². The van der Waals surface area contributed by atoms with Crippen molar-refractivity contribution in [2.45, 2.75) is 57.6 Å². The number of aromatic hydroxyl groups is 1. The number of benzene rings is 1. The summed E-state index contributed by atoms with van der Waals surface area (Å²) in [7, 11) is 0. The largest absolute Gasteiger partial charge is 0.506 e. The average molecular weight is 393 g/mol. The number of carbonyl (C=O) groups excluding carboxylic acids is 2. The molecule has 7 heteroatoms. The van der Waals surface area contributed by atoms with Gasteiger partial charge in [0.2, 0.25) is 0 Å². The maximum Gasteiger partial charge on any atom is 0.319 e. The number of Topliss-reactive ketones (excluding diaryl/α,β-unsaturated/α-hetero) is 1. The van der Waals surface area contributed by atoms with Gasteiger partial charge in [0.15, 0.2) is 5.78 Å². The first kappa shape index (κ1) is 19.7. The molecular formula is C20H25ClN2O4. The summed E-state index contributed by atoms with van der Waals surface area (Å²) in [6.07, 6.45) is 6.01. The van der Waals surface area contributed by atoms with Crippen LogP contribution < -0.4 is 10.6 Å². The first-order valence-corrected chi connectivity index (χ1v) is 9.81. The molecular weight excluding hydrogens is 368 g/mol. The van der Waals surface area contributed by atoms with Crippen LogP contribution in [0.4, 0.5) is 4.79 Å². The molecule has 0 aromatic heterocycles. The van der Waals surface area contributed by atoms with Crippen molar-refractivity contribution < 1.29 is 19.4 Å². The number of carbonyl (C=O) groups is 2. The van der Waals surface area contributed by atoms with Crippen LogP contribution in [0, 0.1) is 0 Å². The molecule has 146 valence electrons. The molecule has 1 heterocycles. The maximum atomic E-state index is 12.7. The summed E-state index contributed by atoms with van der Waals surface area (Å²) in [6.45, 7) is 1.98. The van der Waals surface area contributed by atoms with Crippen LogP contribution >= 0.6 is 11.6 Å². The lowest BCUT2D eigenvalue weighted by atomic mass is 9.91. The van der Waals surface area contributed by atoms with E-state index in [9.17, 15) is 14.7 Å². The zero-order chi connectivity index (χ0) is 19.4. The van der Waals surface area contributed by atoms with Gasteiger partial charge in [-0.25, -0.2) is 4.79 Å². The van der Waals surface area contributed by atoms with Crippen LogP contribution in [0.5, 0.6) is 5.75 Å². The smallest absolute Gasteiger partial charge is 0.319 e. The predicted octanol–water partition coefficient (Wildman–Crippen LogP) is 3.98. The molecule has 1 aromatic carbocycles. The van der Waals surface area contributed by atoms with Crippen LogP contribution in [-0.2, 0) is 9.53 Å². The van der Waals surface area contributed by atoms with Crippen molar-refractivity contribution >= 4 is 23.4 Å². The highest BCUT2D eigenvalue weighted by atomic mass is 35.5. The van der Waals surface area contributed by atoms with E-state index in [0.29, 0.717) is 23.3 Å². The van der Waals surface area contributed by atoms with Gasteiger partial charge in [-0.2, -0.15) is 0 Å². The second kappa shape index (κ2) is 8.76. The molecule has 6 nitrogen and oxygen atoms in total. The number of hydrogen-bond donors (Lipinski definition) is 3. The van der Waals surface area contributed by atoms with Gasteiger partial charge in [0.05, 0.1) is 29.5 Å². The standard InChI is InChI=1S/C20H25ClN2O4/c1-2-16(24)18-15(11-27-13-6-4-3-5-7-13)22-20(26)23-19(18)12-8-9-17(25)14(21)10-12/h8-10,13,19,25H,2-7,11H2,1H3,(H2,22,23,26). The Morgan fingerprint density at radius 3 is 2.70 bits per heavy atom. The predicted molar refractivity (Wildman–Crippen MR) is 103 cm³/mol. The van der Waals surface area contributed by atoms with E-state index in [0.717, 1.165) is 25.7 Å². The van der Waals surface area contributed by atoms with Crippen LogP contribution in [0.15, 0.2) is 29.5 Å². The highest BCUT2D eigenvalue weighted by molar-refractivity contribution is 6.32. The highest BCUT2D eigenvalue weighted by Crippen LogP contribution is 2.33. The number of hydrogen-bond acceptors (Lipinski definition) is 4. The minimum absolute atomic E-state index is 0.0473. The van der Waals surface area contributed by atoms with Crippen LogP contribution in [0.1, 0.15) is 57.1 Å². The summed E-state index contributed by atoms with van der Waals surface area (Å²) in [5, 5.41) is 15.4. The zero-order valence-corrected chi connectivity index (χ0v) is 16.1. The molecule has 1 unspecified atom stereocenters. The molecule has 3 N–H and O–H groups in total. The molecule has 0 spiro atoms. The summed E-state index contributed by atoms with van der Waals surface area (Å²) < 4.78 is 6.00. The van der Waals surface area contributed by atoms with E-state index in [-0.39, 0.29) is 35.3 Å². The van der Waals surface area contributed by atoms with E-state index in [2.05, 4.69) is 10.6 Å². The van der Waals surface area contributed by atoms with E-state index in [4.69, 9.17) is 16.3 Å². The second-order valence-corrected chi connectivity index (χ2v) is 7.39. The minimum Gasteiger partial charge on any atom is -0.506 e. The Labute approximate surface area is 163 Å². The Bertz CT molecular complexity index is 756. The number of ketones is 1. The first-order valence-electron chi connectivity index (χ1n) is 9.43. The van der Waals surface area contributed by atoms with Crippen molar-refractivity contribution in [2.75, 3.05) is 6.61 Å². The number of amides is 2. The molecule has 2 amide bonds. The third-order valence-electron chi connectivity index (χ3n) is 5.10. The Morgan fingerprint density at radius 2 is 2.04 bits per heavy atom. The van der Waals surface area contributed by atoms with Gasteiger partial charge in [-0.3, -0.25) is 4.79 Å². The molecule has 1 atom stereocenters. The lowest BCUT2D eigenvalue weighted by molar-refractivity contribution is -0.115. The average Bonchev–Trinajstić information content (AvgIpc) is 2.68.